The number of hydrogen-bond acceptors (Lipinski definition) is 4. The van der Waals surface area contributed by atoms with E-state index in [0.29, 0.717) is 5.69 Å². The molecule has 3 aromatic carbocycles. The zero-order valence-corrected chi connectivity index (χ0v) is 16.6. The second-order valence-corrected chi connectivity index (χ2v) is 7.63. The van der Waals surface area contributed by atoms with E-state index >= 15 is 0 Å². The van der Waals surface area contributed by atoms with E-state index in [9.17, 15) is 22.8 Å². The lowest BCUT2D eigenvalue weighted by Crippen LogP contribution is -2.37. The molecule has 0 aromatic heterocycles. The van der Waals surface area contributed by atoms with E-state index in [-0.39, 0.29) is 5.69 Å². The molecule has 2 heterocycles. The van der Waals surface area contributed by atoms with Gasteiger partial charge < -0.3 is 0 Å². The molecule has 0 spiro atoms. The molecule has 3 aromatic rings. The van der Waals surface area contributed by atoms with Crippen LogP contribution in [0.3, 0.4) is 0 Å². The van der Waals surface area contributed by atoms with E-state index in [2.05, 4.69) is 0 Å². The monoisotopic (exact) mass is 438 g/mol. The zero-order chi connectivity index (χ0) is 22.5. The summed E-state index contributed by atoms with van der Waals surface area (Å²) in [5.41, 5.74) is 0.378. The van der Waals surface area contributed by atoms with Gasteiger partial charge in [0, 0.05) is 0 Å². The van der Waals surface area contributed by atoms with Gasteiger partial charge in [-0.1, -0.05) is 54.6 Å². The number of anilines is 2. The summed E-state index contributed by atoms with van der Waals surface area (Å²) in [4.78, 5) is 33.4. The molecule has 32 heavy (non-hydrogen) atoms. The molecule has 0 bridgehead atoms. The first kappa shape index (κ1) is 20.3. The Labute approximate surface area is 181 Å². The SMILES string of the molecule is O=C1[C@@H]2[C@H](ON(c3ccccc3)[C@@H]2c2ccccc2)C(=O)N1c1cccc(C(F)(F)F)c1. The molecule has 2 aliphatic heterocycles. The number of rotatable bonds is 3. The molecule has 5 nitrogen and oxygen atoms in total. The van der Waals surface area contributed by atoms with Gasteiger partial charge in [-0.25, -0.2) is 9.96 Å². The number of hydrogen-bond donors (Lipinski definition) is 0. The summed E-state index contributed by atoms with van der Waals surface area (Å²) in [5, 5.41) is 1.55. The van der Waals surface area contributed by atoms with Crippen molar-refractivity contribution in [1.29, 1.82) is 0 Å². The second-order valence-electron chi connectivity index (χ2n) is 7.63. The van der Waals surface area contributed by atoms with Gasteiger partial charge in [-0.15, -0.1) is 0 Å². The van der Waals surface area contributed by atoms with Crippen molar-refractivity contribution in [3.05, 3.63) is 96.1 Å². The molecule has 2 saturated heterocycles. The molecule has 0 saturated carbocycles. The van der Waals surface area contributed by atoms with Gasteiger partial charge in [0.25, 0.3) is 5.91 Å². The van der Waals surface area contributed by atoms with Crippen LogP contribution < -0.4 is 9.96 Å². The highest BCUT2D eigenvalue weighted by molar-refractivity contribution is 6.24. The van der Waals surface area contributed by atoms with Crippen molar-refractivity contribution < 1.29 is 27.6 Å². The highest BCUT2D eigenvalue weighted by Gasteiger charge is 2.60. The van der Waals surface area contributed by atoms with Gasteiger partial charge in [-0.3, -0.25) is 14.4 Å². The quantitative estimate of drug-likeness (QED) is 0.554. The molecule has 0 N–H and O–H groups in total. The number of alkyl halides is 3. The van der Waals surface area contributed by atoms with Gasteiger partial charge in [-0.2, -0.15) is 13.2 Å². The van der Waals surface area contributed by atoms with Gasteiger partial charge in [0.2, 0.25) is 5.91 Å². The topological polar surface area (TPSA) is 49.9 Å². The van der Waals surface area contributed by atoms with Crippen LogP contribution in [0, 0.1) is 5.92 Å². The average Bonchev–Trinajstić information content (AvgIpc) is 3.30. The molecule has 5 rings (SSSR count). The van der Waals surface area contributed by atoms with Crippen molar-refractivity contribution in [2.24, 2.45) is 5.92 Å². The number of para-hydroxylation sites is 1. The van der Waals surface area contributed by atoms with Crippen LogP contribution in [-0.4, -0.2) is 17.9 Å². The summed E-state index contributed by atoms with van der Waals surface area (Å²) in [6.45, 7) is 0. The molecule has 0 unspecified atom stereocenters. The lowest BCUT2D eigenvalue weighted by molar-refractivity contribution is -0.137. The minimum atomic E-state index is -4.59. The lowest BCUT2D eigenvalue weighted by Gasteiger charge is -2.28. The largest absolute Gasteiger partial charge is 0.416 e. The van der Waals surface area contributed by atoms with Gasteiger partial charge in [-0.05, 0) is 35.9 Å². The fourth-order valence-corrected chi connectivity index (χ4v) is 4.28. The van der Waals surface area contributed by atoms with Crippen molar-refractivity contribution in [2.75, 3.05) is 9.96 Å². The summed E-state index contributed by atoms with van der Waals surface area (Å²) in [6, 6.07) is 21.8. The molecule has 162 valence electrons. The lowest BCUT2D eigenvalue weighted by atomic mass is 9.90. The fourth-order valence-electron chi connectivity index (χ4n) is 4.28. The first-order valence-electron chi connectivity index (χ1n) is 9.97. The standard InChI is InChI=1S/C24H17F3N2O3/c25-24(26,27)16-10-7-13-18(14-16)28-22(30)19-20(15-8-3-1-4-9-15)29(32-21(19)23(28)31)17-11-5-2-6-12-17/h1-14,19-21H/t19-,20+,21-/m0/s1. The maximum Gasteiger partial charge on any atom is 0.416 e. The Morgan fingerprint density at radius 1 is 0.750 bits per heavy atom. The summed E-state index contributed by atoms with van der Waals surface area (Å²) in [7, 11) is 0. The molecular formula is C24H17F3N2O3. The van der Waals surface area contributed by atoms with Crippen molar-refractivity contribution in [1.82, 2.24) is 0 Å². The average molecular weight is 438 g/mol. The van der Waals surface area contributed by atoms with Crippen molar-refractivity contribution >= 4 is 23.2 Å². The molecule has 0 aliphatic carbocycles. The van der Waals surface area contributed by atoms with Gasteiger partial charge >= 0.3 is 6.18 Å². The minimum Gasteiger partial charge on any atom is -0.273 e. The van der Waals surface area contributed by atoms with E-state index in [1.165, 1.54) is 12.1 Å². The number of benzene rings is 3. The van der Waals surface area contributed by atoms with Crippen LogP contribution in [0.1, 0.15) is 17.2 Å². The Balaban J connectivity index is 1.56. The Kier molecular flexibility index (Phi) is 4.74. The van der Waals surface area contributed by atoms with Crippen LogP contribution in [0.15, 0.2) is 84.9 Å². The zero-order valence-electron chi connectivity index (χ0n) is 16.6. The Hall–Kier alpha value is -3.65. The number of halogens is 3. The van der Waals surface area contributed by atoms with Crippen molar-refractivity contribution in [2.45, 2.75) is 18.3 Å². The Morgan fingerprint density at radius 2 is 1.38 bits per heavy atom. The first-order chi connectivity index (χ1) is 15.4. The van der Waals surface area contributed by atoms with Crippen molar-refractivity contribution in [3.8, 4) is 0 Å². The highest BCUT2D eigenvalue weighted by atomic mass is 19.4. The van der Waals surface area contributed by atoms with E-state index < -0.39 is 41.6 Å². The summed E-state index contributed by atoms with van der Waals surface area (Å²) in [5.74, 6) is -2.18. The van der Waals surface area contributed by atoms with E-state index in [0.717, 1.165) is 22.6 Å². The van der Waals surface area contributed by atoms with Crippen LogP contribution in [0.4, 0.5) is 24.5 Å². The number of amides is 2. The first-order valence-corrected chi connectivity index (χ1v) is 9.97. The maximum absolute atomic E-state index is 13.4. The summed E-state index contributed by atoms with van der Waals surface area (Å²) < 4.78 is 39.5. The normalized spacial score (nSPS) is 23.0. The van der Waals surface area contributed by atoms with Crippen LogP contribution in [0.25, 0.3) is 0 Å². The van der Waals surface area contributed by atoms with Crippen LogP contribution in [-0.2, 0) is 20.6 Å². The number of fused-ring (bicyclic) bond motifs is 1. The van der Waals surface area contributed by atoms with E-state index in [1.807, 2.05) is 48.5 Å². The second kappa shape index (κ2) is 7.49. The molecule has 2 fully saturated rings. The fraction of sp³-hybridized carbons (Fsp3) is 0.167. The number of hydroxylamine groups is 1. The molecule has 8 heteroatoms. The third-order valence-electron chi connectivity index (χ3n) is 5.70. The number of carbonyl (C=O) groups is 2. The number of imide groups is 1. The Morgan fingerprint density at radius 3 is 2.03 bits per heavy atom. The third kappa shape index (κ3) is 3.23. The maximum atomic E-state index is 13.4. The summed E-state index contributed by atoms with van der Waals surface area (Å²) in [6.07, 6.45) is -5.73. The van der Waals surface area contributed by atoms with Gasteiger partial charge in [0.15, 0.2) is 6.10 Å². The van der Waals surface area contributed by atoms with Crippen molar-refractivity contribution in [3.63, 3.8) is 0 Å². The predicted octanol–water partition coefficient (Wildman–Crippen LogP) is 4.76. The summed E-state index contributed by atoms with van der Waals surface area (Å²) >= 11 is 0. The number of carbonyl (C=O) groups excluding carboxylic acids is 2. The molecule has 2 aliphatic rings. The highest BCUT2D eigenvalue weighted by Crippen LogP contribution is 2.47. The van der Waals surface area contributed by atoms with Crippen LogP contribution in [0.5, 0.6) is 0 Å². The van der Waals surface area contributed by atoms with Crippen LogP contribution in [0.2, 0.25) is 0 Å². The van der Waals surface area contributed by atoms with Crippen LogP contribution >= 0.6 is 0 Å². The Bertz CT molecular complexity index is 1170. The predicted molar refractivity (Wildman–Crippen MR) is 110 cm³/mol. The van der Waals surface area contributed by atoms with E-state index in [1.54, 1.807) is 17.2 Å². The molecular weight excluding hydrogens is 421 g/mol. The molecule has 3 atom stereocenters. The molecule has 0 radical (unpaired) electrons. The third-order valence-corrected chi connectivity index (χ3v) is 5.70. The molecule has 2 amide bonds. The van der Waals surface area contributed by atoms with Gasteiger partial charge in [0.1, 0.15) is 5.92 Å². The minimum absolute atomic E-state index is 0.120. The smallest absolute Gasteiger partial charge is 0.273 e. The number of nitrogens with zero attached hydrogens (tertiary/aromatic N) is 2. The van der Waals surface area contributed by atoms with E-state index in [4.69, 9.17) is 4.84 Å². The van der Waals surface area contributed by atoms with Gasteiger partial charge in [0.05, 0.1) is 23.0 Å².